The maximum atomic E-state index is 12.7. The van der Waals surface area contributed by atoms with E-state index in [0.717, 1.165) is 48.8 Å². The van der Waals surface area contributed by atoms with E-state index in [1.165, 1.54) is 0 Å². The first-order chi connectivity index (χ1) is 9.57. The van der Waals surface area contributed by atoms with Gasteiger partial charge < -0.3 is 10.6 Å². The van der Waals surface area contributed by atoms with Crippen LogP contribution in [0.3, 0.4) is 0 Å². The predicted octanol–water partition coefficient (Wildman–Crippen LogP) is 3.26. The third-order valence-corrected chi connectivity index (χ3v) is 4.80. The van der Waals surface area contributed by atoms with Gasteiger partial charge in [-0.3, -0.25) is 4.79 Å². The number of hydrogen-bond donors (Lipinski definition) is 2. The van der Waals surface area contributed by atoms with Crippen LogP contribution >= 0.6 is 15.9 Å². The second-order valence-corrected chi connectivity index (χ2v) is 6.44. The summed E-state index contributed by atoms with van der Waals surface area (Å²) < 4.78 is 0.957. The van der Waals surface area contributed by atoms with Crippen LogP contribution in [0.4, 0.5) is 5.82 Å². The normalized spacial score (nSPS) is 22.6. The molecule has 1 aliphatic rings. The number of piperidine rings is 1. The van der Waals surface area contributed by atoms with Gasteiger partial charge in [0.2, 0.25) is 5.91 Å². The number of pyridine rings is 1. The highest BCUT2D eigenvalue weighted by Crippen LogP contribution is 2.33. The van der Waals surface area contributed by atoms with Crippen molar-refractivity contribution in [3.63, 3.8) is 0 Å². The van der Waals surface area contributed by atoms with E-state index < -0.39 is 0 Å². The molecule has 20 heavy (non-hydrogen) atoms. The van der Waals surface area contributed by atoms with Crippen molar-refractivity contribution in [2.45, 2.75) is 39.5 Å². The minimum absolute atomic E-state index is 0.0979. The maximum Gasteiger partial charge on any atom is 0.233 e. The lowest BCUT2D eigenvalue weighted by Crippen LogP contribution is -2.48. The zero-order valence-electron chi connectivity index (χ0n) is 12.1. The van der Waals surface area contributed by atoms with Gasteiger partial charge >= 0.3 is 0 Å². The summed E-state index contributed by atoms with van der Waals surface area (Å²) in [7, 11) is 0. The Kier molecular flexibility index (Phi) is 5.16. The summed E-state index contributed by atoms with van der Waals surface area (Å²) >= 11 is 3.42. The highest BCUT2D eigenvalue weighted by Gasteiger charge is 2.38. The number of halogens is 1. The summed E-state index contributed by atoms with van der Waals surface area (Å²) in [5.74, 6) is 0.734. The number of rotatable bonds is 4. The number of aryl methyl sites for hydroxylation is 1. The van der Waals surface area contributed by atoms with Crippen molar-refractivity contribution in [3.8, 4) is 0 Å². The summed E-state index contributed by atoms with van der Waals surface area (Å²) in [5.41, 5.74) is 0.789. The SMILES string of the molecule is CCCC1(C(=O)Nc2cc(C)c(Br)cn2)CCCNC1. The van der Waals surface area contributed by atoms with Gasteiger partial charge in [0.25, 0.3) is 0 Å². The molecule has 0 radical (unpaired) electrons. The van der Waals surface area contributed by atoms with Crippen molar-refractivity contribution < 1.29 is 4.79 Å². The molecule has 2 N–H and O–H groups in total. The van der Waals surface area contributed by atoms with Crippen LogP contribution in [-0.4, -0.2) is 24.0 Å². The molecule has 110 valence electrons. The van der Waals surface area contributed by atoms with Crippen molar-refractivity contribution in [1.29, 1.82) is 0 Å². The van der Waals surface area contributed by atoms with E-state index in [0.29, 0.717) is 5.82 Å². The van der Waals surface area contributed by atoms with Crippen LogP contribution in [0.5, 0.6) is 0 Å². The molecule has 5 heteroatoms. The summed E-state index contributed by atoms with van der Waals surface area (Å²) in [4.78, 5) is 16.9. The molecule has 0 aliphatic carbocycles. The molecular weight excluding hydrogens is 318 g/mol. The number of aromatic nitrogens is 1. The minimum atomic E-state index is -0.282. The van der Waals surface area contributed by atoms with Crippen LogP contribution in [0.15, 0.2) is 16.7 Å². The molecule has 0 bridgehead atoms. The Morgan fingerprint density at radius 3 is 3.00 bits per heavy atom. The van der Waals surface area contributed by atoms with Gasteiger partial charge in [-0.05, 0) is 60.3 Å². The first kappa shape index (κ1) is 15.4. The van der Waals surface area contributed by atoms with Gasteiger partial charge in [0.1, 0.15) is 5.82 Å². The van der Waals surface area contributed by atoms with Gasteiger partial charge in [-0.2, -0.15) is 0 Å². The molecule has 1 aromatic heterocycles. The predicted molar refractivity (Wildman–Crippen MR) is 84.7 cm³/mol. The average molecular weight is 340 g/mol. The van der Waals surface area contributed by atoms with E-state index in [2.05, 4.69) is 38.5 Å². The Balaban J connectivity index is 2.13. The molecular formula is C15H22BrN3O. The molecule has 2 heterocycles. The van der Waals surface area contributed by atoms with Gasteiger partial charge in [0.15, 0.2) is 0 Å². The average Bonchev–Trinajstić information content (AvgIpc) is 2.44. The fraction of sp³-hybridized carbons (Fsp3) is 0.600. The molecule has 0 saturated carbocycles. The Morgan fingerprint density at radius 1 is 1.60 bits per heavy atom. The number of hydrogen-bond acceptors (Lipinski definition) is 3. The smallest absolute Gasteiger partial charge is 0.233 e. The summed E-state index contributed by atoms with van der Waals surface area (Å²) in [5, 5.41) is 6.35. The fourth-order valence-corrected chi connectivity index (χ4v) is 3.04. The molecule has 0 aromatic carbocycles. The standard InChI is InChI=1S/C15H22BrN3O/c1-3-5-15(6-4-7-17-10-15)14(20)19-13-8-11(2)12(16)9-18-13/h8-9,17H,3-7,10H2,1-2H3,(H,18,19,20). The molecule has 4 nitrogen and oxygen atoms in total. The van der Waals surface area contributed by atoms with E-state index >= 15 is 0 Å². The van der Waals surface area contributed by atoms with Crippen LogP contribution in [0.2, 0.25) is 0 Å². The summed E-state index contributed by atoms with van der Waals surface area (Å²) in [6.07, 6.45) is 5.68. The number of carbonyl (C=O) groups is 1. The highest BCUT2D eigenvalue weighted by molar-refractivity contribution is 9.10. The van der Waals surface area contributed by atoms with E-state index in [1.807, 2.05) is 13.0 Å². The first-order valence-corrected chi connectivity index (χ1v) is 8.01. The molecule has 1 atom stereocenters. The van der Waals surface area contributed by atoms with Crippen LogP contribution in [0.25, 0.3) is 0 Å². The van der Waals surface area contributed by atoms with E-state index in [1.54, 1.807) is 6.20 Å². The first-order valence-electron chi connectivity index (χ1n) is 7.22. The van der Waals surface area contributed by atoms with Crippen LogP contribution in [-0.2, 0) is 4.79 Å². The molecule has 2 rings (SSSR count). The molecule has 1 unspecified atom stereocenters. The Bertz CT molecular complexity index is 478. The maximum absolute atomic E-state index is 12.7. The van der Waals surface area contributed by atoms with Crippen LogP contribution < -0.4 is 10.6 Å². The highest BCUT2D eigenvalue weighted by atomic mass is 79.9. The number of carbonyl (C=O) groups excluding carboxylic acids is 1. The molecule has 1 aromatic rings. The van der Waals surface area contributed by atoms with E-state index in [4.69, 9.17) is 0 Å². The second-order valence-electron chi connectivity index (χ2n) is 5.58. The molecule has 1 saturated heterocycles. The minimum Gasteiger partial charge on any atom is -0.316 e. The van der Waals surface area contributed by atoms with E-state index in [-0.39, 0.29) is 11.3 Å². The summed E-state index contributed by atoms with van der Waals surface area (Å²) in [6, 6.07) is 1.90. The van der Waals surface area contributed by atoms with Gasteiger partial charge in [0.05, 0.1) is 5.41 Å². The third-order valence-electron chi connectivity index (χ3n) is 3.97. The molecule has 1 amide bonds. The fourth-order valence-electron chi connectivity index (χ4n) is 2.82. The zero-order chi connectivity index (χ0) is 14.6. The lowest BCUT2D eigenvalue weighted by atomic mass is 9.76. The van der Waals surface area contributed by atoms with Gasteiger partial charge in [-0.25, -0.2) is 4.98 Å². The zero-order valence-corrected chi connectivity index (χ0v) is 13.7. The van der Waals surface area contributed by atoms with Gasteiger partial charge in [-0.1, -0.05) is 13.3 Å². The van der Waals surface area contributed by atoms with Crippen LogP contribution in [0, 0.1) is 12.3 Å². The van der Waals surface area contributed by atoms with Crippen molar-refractivity contribution >= 4 is 27.7 Å². The van der Waals surface area contributed by atoms with E-state index in [9.17, 15) is 4.79 Å². The van der Waals surface area contributed by atoms with Crippen molar-refractivity contribution in [2.24, 2.45) is 5.41 Å². The Labute approximate surface area is 128 Å². The molecule has 0 spiro atoms. The van der Waals surface area contributed by atoms with Gasteiger partial charge in [-0.15, -0.1) is 0 Å². The van der Waals surface area contributed by atoms with Crippen LogP contribution in [0.1, 0.15) is 38.2 Å². The third kappa shape index (κ3) is 3.38. The van der Waals surface area contributed by atoms with Crippen molar-refractivity contribution in [1.82, 2.24) is 10.3 Å². The Morgan fingerprint density at radius 2 is 2.40 bits per heavy atom. The largest absolute Gasteiger partial charge is 0.316 e. The topological polar surface area (TPSA) is 54.0 Å². The lowest BCUT2D eigenvalue weighted by molar-refractivity contribution is -0.127. The summed E-state index contributed by atoms with van der Waals surface area (Å²) in [6.45, 7) is 5.90. The second kappa shape index (κ2) is 6.68. The Hall–Kier alpha value is -0.940. The molecule has 1 aliphatic heterocycles. The van der Waals surface area contributed by atoms with Crippen molar-refractivity contribution in [2.75, 3.05) is 18.4 Å². The lowest BCUT2D eigenvalue weighted by Gasteiger charge is -2.36. The van der Waals surface area contributed by atoms with Gasteiger partial charge in [0, 0.05) is 17.2 Å². The monoisotopic (exact) mass is 339 g/mol. The quantitative estimate of drug-likeness (QED) is 0.885. The number of nitrogens with one attached hydrogen (secondary N) is 2. The number of amides is 1. The van der Waals surface area contributed by atoms with Crippen molar-refractivity contribution in [3.05, 3.63) is 22.3 Å². The molecule has 1 fully saturated rings. The number of nitrogens with zero attached hydrogens (tertiary/aromatic N) is 1. The number of anilines is 1.